The van der Waals surface area contributed by atoms with E-state index >= 15 is 0 Å². The Morgan fingerprint density at radius 3 is 2.56 bits per heavy atom. The number of halogens is 1. The molecule has 1 aromatic rings. The van der Waals surface area contributed by atoms with Gasteiger partial charge < -0.3 is 5.11 Å². The molecule has 0 saturated carbocycles. The highest BCUT2D eigenvalue weighted by Gasteiger charge is 2.30. The van der Waals surface area contributed by atoms with E-state index in [0.29, 0.717) is 6.54 Å². The van der Waals surface area contributed by atoms with Gasteiger partial charge in [0.25, 0.3) is 10.0 Å². The van der Waals surface area contributed by atoms with Crippen molar-refractivity contribution in [2.75, 3.05) is 19.7 Å². The molecule has 7 nitrogen and oxygen atoms in total. The molecule has 0 saturated heterocycles. The summed E-state index contributed by atoms with van der Waals surface area (Å²) in [5, 5.41) is 16.3. The van der Waals surface area contributed by atoms with Crippen LogP contribution in [-0.4, -0.2) is 52.5 Å². The zero-order chi connectivity index (χ0) is 13.8. The highest BCUT2D eigenvalue weighted by Crippen LogP contribution is 2.22. The molecule has 0 aliphatic rings. The molecule has 0 fully saturated rings. The Labute approximate surface area is 115 Å². The highest BCUT2D eigenvalue weighted by molar-refractivity contribution is 9.10. The lowest BCUT2D eigenvalue weighted by Crippen LogP contribution is -2.35. The molecule has 1 heterocycles. The van der Waals surface area contributed by atoms with Crippen molar-refractivity contribution in [3.63, 3.8) is 0 Å². The minimum Gasteiger partial charge on any atom is -0.395 e. The zero-order valence-corrected chi connectivity index (χ0v) is 12.8. The van der Waals surface area contributed by atoms with E-state index in [0.717, 1.165) is 12.8 Å². The number of aliphatic hydroxyl groups is 1. The van der Waals surface area contributed by atoms with Gasteiger partial charge in [-0.05, 0) is 22.4 Å². The van der Waals surface area contributed by atoms with Crippen LogP contribution >= 0.6 is 15.9 Å². The summed E-state index contributed by atoms with van der Waals surface area (Å²) < 4.78 is 27.5. The predicted octanol–water partition coefficient (Wildman–Crippen LogP) is 0.361. The summed E-state index contributed by atoms with van der Waals surface area (Å²) in [6.07, 6.45) is 1.62. The Bertz CT molecular complexity index is 469. The molecule has 0 unspecified atom stereocenters. The van der Waals surface area contributed by atoms with Crippen LogP contribution in [0.2, 0.25) is 0 Å². The second-order valence-electron chi connectivity index (χ2n) is 3.79. The fourth-order valence-electron chi connectivity index (χ4n) is 1.52. The summed E-state index contributed by atoms with van der Waals surface area (Å²) in [4.78, 5) is 0. The summed E-state index contributed by atoms with van der Waals surface area (Å²) in [6, 6.07) is 0. The molecule has 0 aliphatic heterocycles. The summed E-state index contributed by atoms with van der Waals surface area (Å²) in [5.74, 6) is 0. The van der Waals surface area contributed by atoms with Crippen molar-refractivity contribution in [3.8, 4) is 0 Å². The first-order chi connectivity index (χ1) is 8.45. The van der Waals surface area contributed by atoms with Crippen molar-refractivity contribution in [2.45, 2.75) is 24.8 Å². The fraction of sp³-hybridized carbons (Fsp3) is 0.778. The molecule has 0 atom stereocenters. The van der Waals surface area contributed by atoms with Crippen LogP contribution in [0.3, 0.4) is 0 Å². The van der Waals surface area contributed by atoms with E-state index in [2.05, 4.69) is 26.2 Å². The van der Waals surface area contributed by atoms with Crippen molar-refractivity contribution < 1.29 is 13.5 Å². The number of aliphatic hydroxyl groups excluding tert-OH is 1. The Balaban J connectivity index is 3.09. The van der Waals surface area contributed by atoms with Crippen LogP contribution < -0.4 is 0 Å². The van der Waals surface area contributed by atoms with Crippen LogP contribution in [0.25, 0.3) is 0 Å². The first-order valence-electron chi connectivity index (χ1n) is 5.61. The molecule has 0 radical (unpaired) electrons. The minimum atomic E-state index is -3.69. The van der Waals surface area contributed by atoms with Gasteiger partial charge in [-0.2, -0.15) is 4.31 Å². The highest BCUT2D eigenvalue weighted by atomic mass is 79.9. The van der Waals surface area contributed by atoms with Crippen LogP contribution in [0.15, 0.2) is 9.63 Å². The monoisotopic (exact) mass is 340 g/mol. The van der Waals surface area contributed by atoms with Gasteiger partial charge in [-0.3, -0.25) is 0 Å². The van der Waals surface area contributed by atoms with E-state index in [1.54, 1.807) is 0 Å². The average Bonchev–Trinajstić information content (AvgIpc) is 2.64. The summed E-state index contributed by atoms with van der Waals surface area (Å²) >= 11 is 3.08. The Morgan fingerprint density at radius 1 is 1.44 bits per heavy atom. The minimum absolute atomic E-state index is 0.00653. The Morgan fingerprint density at radius 2 is 2.11 bits per heavy atom. The van der Waals surface area contributed by atoms with Crippen LogP contribution in [0.1, 0.15) is 19.8 Å². The smallest absolute Gasteiger partial charge is 0.263 e. The molecular weight excluding hydrogens is 324 g/mol. The number of rotatable bonds is 7. The van der Waals surface area contributed by atoms with Gasteiger partial charge in [0.05, 0.1) is 6.61 Å². The van der Waals surface area contributed by atoms with Crippen molar-refractivity contribution in [3.05, 3.63) is 4.60 Å². The molecule has 104 valence electrons. The molecule has 0 bridgehead atoms. The number of nitrogens with zero attached hydrogens (tertiary/aromatic N) is 4. The molecule has 0 aromatic carbocycles. The van der Waals surface area contributed by atoms with E-state index in [-0.39, 0.29) is 22.8 Å². The van der Waals surface area contributed by atoms with Gasteiger partial charge in [-0.15, -0.1) is 5.10 Å². The molecular formula is C9H17BrN4O3S. The lowest BCUT2D eigenvalue weighted by molar-refractivity contribution is 0.251. The normalized spacial score (nSPS) is 12.3. The van der Waals surface area contributed by atoms with Gasteiger partial charge >= 0.3 is 0 Å². The largest absolute Gasteiger partial charge is 0.395 e. The van der Waals surface area contributed by atoms with Gasteiger partial charge in [0.2, 0.25) is 5.03 Å². The quantitative estimate of drug-likeness (QED) is 0.774. The van der Waals surface area contributed by atoms with Crippen molar-refractivity contribution in [1.82, 2.24) is 19.3 Å². The van der Waals surface area contributed by atoms with E-state index in [1.165, 1.54) is 16.0 Å². The third-order valence-corrected chi connectivity index (χ3v) is 5.22. The molecule has 0 amide bonds. The van der Waals surface area contributed by atoms with E-state index < -0.39 is 10.0 Å². The predicted molar refractivity (Wildman–Crippen MR) is 69.5 cm³/mol. The second kappa shape index (κ2) is 6.60. The fourth-order valence-corrected chi connectivity index (χ4v) is 4.02. The lowest BCUT2D eigenvalue weighted by atomic mass is 10.3. The van der Waals surface area contributed by atoms with Crippen LogP contribution in [0.4, 0.5) is 0 Å². The first-order valence-corrected chi connectivity index (χ1v) is 7.84. The van der Waals surface area contributed by atoms with Crippen LogP contribution in [0.5, 0.6) is 0 Å². The lowest BCUT2D eigenvalue weighted by Gasteiger charge is -2.20. The molecule has 9 heteroatoms. The van der Waals surface area contributed by atoms with Gasteiger partial charge in [0, 0.05) is 20.1 Å². The van der Waals surface area contributed by atoms with Crippen molar-refractivity contribution >= 4 is 26.0 Å². The second-order valence-corrected chi connectivity index (χ2v) is 6.39. The van der Waals surface area contributed by atoms with E-state index in [4.69, 9.17) is 5.11 Å². The number of aromatic nitrogens is 3. The Hall–Kier alpha value is -0.510. The number of hydrogen-bond acceptors (Lipinski definition) is 5. The number of sulfonamides is 1. The number of aryl methyl sites for hydroxylation is 1. The molecule has 18 heavy (non-hydrogen) atoms. The molecule has 1 rings (SSSR count). The van der Waals surface area contributed by atoms with Gasteiger partial charge in [0.1, 0.15) is 0 Å². The number of unbranched alkanes of at least 4 members (excludes halogenated alkanes) is 1. The third kappa shape index (κ3) is 3.28. The van der Waals surface area contributed by atoms with Gasteiger partial charge in [0.15, 0.2) is 4.60 Å². The topological polar surface area (TPSA) is 88.3 Å². The van der Waals surface area contributed by atoms with Crippen LogP contribution in [0, 0.1) is 0 Å². The Kier molecular flexibility index (Phi) is 5.70. The standard InChI is InChI=1S/C9H17BrN4O3S/c1-3-4-5-14(6-7-15)18(16,17)9-8(10)11-12-13(9)2/h15H,3-7H2,1-2H3. The number of hydrogen-bond donors (Lipinski definition) is 1. The van der Waals surface area contributed by atoms with E-state index in [1.807, 2.05) is 6.92 Å². The van der Waals surface area contributed by atoms with Crippen LogP contribution in [-0.2, 0) is 17.1 Å². The first kappa shape index (κ1) is 15.5. The third-order valence-electron chi connectivity index (χ3n) is 2.43. The SMILES string of the molecule is CCCCN(CCO)S(=O)(=O)c1c(Br)nnn1C. The summed E-state index contributed by atoms with van der Waals surface area (Å²) in [7, 11) is -2.17. The van der Waals surface area contributed by atoms with Gasteiger partial charge in [-0.25, -0.2) is 13.1 Å². The van der Waals surface area contributed by atoms with Crippen molar-refractivity contribution in [1.29, 1.82) is 0 Å². The molecule has 0 aliphatic carbocycles. The maximum Gasteiger partial charge on any atom is 0.263 e. The molecule has 1 N–H and O–H groups in total. The summed E-state index contributed by atoms with van der Waals surface area (Å²) in [6.45, 7) is 2.20. The summed E-state index contributed by atoms with van der Waals surface area (Å²) in [5.41, 5.74) is 0. The molecule has 0 spiro atoms. The zero-order valence-electron chi connectivity index (χ0n) is 10.4. The maximum absolute atomic E-state index is 12.4. The molecule has 1 aromatic heterocycles. The maximum atomic E-state index is 12.4. The van der Waals surface area contributed by atoms with Crippen molar-refractivity contribution in [2.24, 2.45) is 7.05 Å². The van der Waals surface area contributed by atoms with E-state index in [9.17, 15) is 8.42 Å². The van der Waals surface area contributed by atoms with Gasteiger partial charge in [-0.1, -0.05) is 18.6 Å². The average molecular weight is 341 g/mol.